The highest BCUT2D eigenvalue weighted by Crippen LogP contribution is 2.20. The van der Waals surface area contributed by atoms with Crippen molar-refractivity contribution in [2.45, 2.75) is 6.92 Å². The van der Waals surface area contributed by atoms with E-state index < -0.39 is 0 Å². The summed E-state index contributed by atoms with van der Waals surface area (Å²) in [5.74, 6) is 0.607. The van der Waals surface area contributed by atoms with E-state index in [1.807, 2.05) is 60.3 Å². The summed E-state index contributed by atoms with van der Waals surface area (Å²) in [5, 5.41) is 6.22. The second-order valence-electron chi connectivity index (χ2n) is 5.34. The SMILES string of the molecule is CC(C(=O)Nc1cccc(-n2cccc2)c1)C1CNC1. The highest BCUT2D eigenvalue weighted by Gasteiger charge is 2.28. The van der Waals surface area contributed by atoms with Gasteiger partial charge in [0, 0.05) is 29.7 Å². The largest absolute Gasteiger partial charge is 0.326 e. The van der Waals surface area contributed by atoms with Gasteiger partial charge >= 0.3 is 0 Å². The predicted octanol–water partition coefficient (Wildman–Crippen LogP) is 2.27. The minimum absolute atomic E-state index is 0.0477. The summed E-state index contributed by atoms with van der Waals surface area (Å²) in [6.45, 7) is 3.88. The van der Waals surface area contributed by atoms with E-state index >= 15 is 0 Å². The van der Waals surface area contributed by atoms with Crippen LogP contribution >= 0.6 is 0 Å². The third-order valence-corrected chi connectivity index (χ3v) is 3.95. The van der Waals surface area contributed by atoms with Crippen molar-refractivity contribution in [2.24, 2.45) is 11.8 Å². The predicted molar refractivity (Wildman–Crippen MR) is 79.9 cm³/mol. The molecule has 104 valence electrons. The molecule has 4 heteroatoms. The molecular weight excluding hydrogens is 250 g/mol. The molecule has 1 amide bonds. The molecule has 0 bridgehead atoms. The molecule has 3 rings (SSSR count). The molecular formula is C16H19N3O. The molecule has 2 N–H and O–H groups in total. The van der Waals surface area contributed by atoms with Gasteiger partial charge in [-0.05, 0) is 49.3 Å². The van der Waals surface area contributed by atoms with Crippen LogP contribution in [0.15, 0.2) is 48.8 Å². The van der Waals surface area contributed by atoms with Gasteiger partial charge in [-0.25, -0.2) is 0 Å². The molecule has 1 atom stereocenters. The quantitative estimate of drug-likeness (QED) is 0.894. The molecule has 1 aliphatic heterocycles. The van der Waals surface area contributed by atoms with Gasteiger partial charge in [-0.3, -0.25) is 4.79 Å². The second kappa shape index (κ2) is 5.51. The van der Waals surface area contributed by atoms with E-state index in [-0.39, 0.29) is 11.8 Å². The van der Waals surface area contributed by atoms with Crippen molar-refractivity contribution in [1.29, 1.82) is 0 Å². The highest BCUT2D eigenvalue weighted by molar-refractivity contribution is 5.92. The molecule has 0 saturated carbocycles. The first kappa shape index (κ1) is 12.9. The molecule has 1 fully saturated rings. The van der Waals surface area contributed by atoms with Crippen LogP contribution in [0.3, 0.4) is 0 Å². The van der Waals surface area contributed by atoms with Crippen molar-refractivity contribution in [3.8, 4) is 5.69 Å². The van der Waals surface area contributed by atoms with Crippen molar-refractivity contribution < 1.29 is 4.79 Å². The van der Waals surface area contributed by atoms with Crippen LogP contribution < -0.4 is 10.6 Å². The average molecular weight is 269 g/mol. The molecule has 4 nitrogen and oxygen atoms in total. The van der Waals surface area contributed by atoms with Crippen LogP contribution in [0, 0.1) is 11.8 Å². The van der Waals surface area contributed by atoms with Gasteiger partial charge in [0.1, 0.15) is 0 Å². The van der Waals surface area contributed by atoms with Gasteiger partial charge in [-0.1, -0.05) is 13.0 Å². The Bertz CT molecular complexity index is 588. The molecule has 20 heavy (non-hydrogen) atoms. The van der Waals surface area contributed by atoms with Crippen LogP contribution in [0.4, 0.5) is 5.69 Å². The minimum atomic E-state index is 0.0477. The van der Waals surface area contributed by atoms with Gasteiger partial charge < -0.3 is 15.2 Å². The zero-order valence-corrected chi connectivity index (χ0v) is 11.5. The van der Waals surface area contributed by atoms with Crippen LogP contribution in [0.25, 0.3) is 5.69 Å². The van der Waals surface area contributed by atoms with E-state index in [0.717, 1.165) is 24.5 Å². The monoisotopic (exact) mass is 269 g/mol. The number of nitrogens with one attached hydrogen (secondary N) is 2. The van der Waals surface area contributed by atoms with Crippen LogP contribution in [0.5, 0.6) is 0 Å². The van der Waals surface area contributed by atoms with Gasteiger partial charge in [0.15, 0.2) is 0 Å². The maximum Gasteiger partial charge on any atom is 0.227 e. The lowest BCUT2D eigenvalue weighted by Gasteiger charge is -2.31. The van der Waals surface area contributed by atoms with Gasteiger partial charge in [-0.15, -0.1) is 0 Å². The smallest absolute Gasteiger partial charge is 0.227 e. The lowest BCUT2D eigenvalue weighted by Crippen LogP contribution is -2.48. The number of hydrogen-bond donors (Lipinski definition) is 2. The first-order valence-corrected chi connectivity index (χ1v) is 6.99. The summed E-state index contributed by atoms with van der Waals surface area (Å²) < 4.78 is 2.02. The van der Waals surface area contributed by atoms with E-state index in [1.54, 1.807) is 0 Å². The molecule has 0 spiro atoms. The summed E-state index contributed by atoms with van der Waals surface area (Å²) in [4.78, 5) is 12.2. The van der Waals surface area contributed by atoms with Crippen molar-refractivity contribution in [3.63, 3.8) is 0 Å². The van der Waals surface area contributed by atoms with Gasteiger partial charge in [-0.2, -0.15) is 0 Å². The lowest BCUT2D eigenvalue weighted by atomic mass is 9.88. The van der Waals surface area contributed by atoms with Crippen LogP contribution in [0.1, 0.15) is 6.92 Å². The Morgan fingerprint density at radius 2 is 2.05 bits per heavy atom. The third kappa shape index (κ3) is 2.60. The molecule has 2 heterocycles. The second-order valence-corrected chi connectivity index (χ2v) is 5.34. The van der Waals surface area contributed by atoms with Crippen LogP contribution in [-0.2, 0) is 4.79 Å². The highest BCUT2D eigenvalue weighted by atomic mass is 16.1. The molecule has 0 aliphatic carbocycles. The first-order chi connectivity index (χ1) is 9.74. The number of hydrogen-bond acceptors (Lipinski definition) is 2. The van der Waals surface area contributed by atoms with E-state index in [0.29, 0.717) is 5.92 Å². The Kier molecular flexibility index (Phi) is 3.56. The topological polar surface area (TPSA) is 46.1 Å². The Balaban J connectivity index is 1.71. The number of carbonyl (C=O) groups is 1. The lowest BCUT2D eigenvalue weighted by molar-refractivity contribution is -0.121. The number of rotatable bonds is 4. The summed E-state index contributed by atoms with van der Waals surface area (Å²) in [6.07, 6.45) is 3.98. The number of benzene rings is 1. The Morgan fingerprint density at radius 3 is 2.70 bits per heavy atom. The molecule has 0 radical (unpaired) electrons. The summed E-state index contributed by atoms with van der Waals surface area (Å²) in [5.41, 5.74) is 1.89. The van der Waals surface area contributed by atoms with E-state index in [4.69, 9.17) is 0 Å². The Hall–Kier alpha value is -2.07. The van der Waals surface area contributed by atoms with Crippen molar-refractivity contribution in [2.75, 3.05) is 18.4 Å². The minimum Gasteiger partial charge on any atom is -0.326 e. The van der Waals surface area contributed by atoms with Crippen molar-refractivity contribution in [3.05, 3.63) is 48.8 Å². The maximum absolute atomic E-state index is 12.2. The summed E-state index contributed by atoms with van der Waals surface area (Å²) >= 11 is 0. The van der Waals surface area contributed by atoms with Crippen molar-refractivity contribution >= 4 is 11.6 Å². The number of carbonyl (C=O) groups excluding carboxylic acids is 1. The normalized spacial score (nSPS) is 16.4. The van der Waals surface area contributed by atoms with Gasteiger partial charge in [0.25, 0.3) is 0 Å². The fourth-order valence-corrected chi connectivity index (χ4v) is 2.39. The van der Waals surface area contributed by atoms with Crippen LogP contribution in [-0.4, -0.2) is 23.6 Å². The Labute approximate surface area is 118 Å². The molecule has 1 unspecified atom stereocenters. The summed E-state index contributed by atoms with van der Waals surface area (Å²) in [7, 11) is 0. The zero-order chi connectivity index (χ0) is 13.9. The molecule has 1 aliphatic rings. The average Bonchev–Trinajstić information content (AvgIpc) is 2.90. The number of aromatic nitrogens is 1. The van der Waals surface area contributed by atoms with Gasteiger partial charge in [0.2, 0.25) is 5.91 Å². The molecule has 2 aromatic rings. The Morgan fingerprint density at radius 1 is 1.30 bits per heavy atom. The van der Waals surface area contributed by atoms with E-state index in [9.17, 15) is 4.79 Å². The van der Waals surface area contributed by atoms with E-state index in [2.05, 4.69) is 10.6 Å². The fraction of sp³-hybridized carbons (Fsp3) is 0.312. The fourth-order valence-electron chi connectivity index (χ4n) is 2.39. The number of nitrogens with zero attached hydrogens (tertiary/aromatic N) is 1. The number of amides is 1. The third-order valence-electron chi connectivity index (χ3n) is 3.95. The summed E-state index contributed by atoms with van der Waals surface area (Å²) in [6, 6.07) is 11.9. The van der Waals surface area contributed by atoms with E-state index in [1.165, 1.54) is 0 Å². The standard InChI is InChI=1S/C16H19N3O/c1-12(13-10-17-11-13)16(20)18-14-5-4-6-15(9-14)19-7-2-3-8-19/h2-9,12-13,17H,10-11H2,1H3,(H,18,20). The zero-order valence-electron chi connectivity index (χ0n) is 11.5. The maximum atomic E-state index is 12.2. The van der Waals surface area contributed by atoms with Gasteiger partial charge in [0.05, 0.1) is 0 Å². The molecule has 1 aromatic carbocycles. The molecule has 1 saturated heterocycles. The number of anilines is 1. The van der Waals surface area contributed by atoms with Crippen LogP contribution in [0.2, 0.25) is 0 Å². The van der Waals surface area contributed by atoms with Crippen molar-refractivity contribution in [1.82, 2.24) is 9.88 Å². The first-order valence-electron chi connectivity index (χ1n) is 6.99. The molecule has 1 aromatic heterocycles.